The average molecular weight is 359 g/mol. The predicted molar refractivity (Wildman–Crippen MR) is 106 cm³/mol. The molecule has 1 heterocycles. The third-order valence-electron chi connectivity index (χ3n) is 4.51. The summed E-state index contributed by atoms with van der Waals surface area (Å²) >= 11 is 1.98. The number of unbranched alkanes of at least 4 members (excludes halogenated alkanes) is 5. The first-order valence-corrected chi connectivity index (χ1v) is 10.4. The molecule has 0 saturated carbocycles. The Kier molecular flexibility index (Phi) is 9.35. The molecule has 0 amide bonds. The minimum Gasteiger partial charge on any atom is -0.481 e. The maximum atomic E-state index is 10.4. The summed E-state index contributed by atoms with van der Waals surface area (Å²) in [5.41, 5.74) is 1.43. The summed E-state index contributed by atoms with van der Waals surface area (Å²) in [6.45, 7) is 0. The van der Waals surface area contributed by atoms with E-state index < -0.39 is 5.97 Å². The van der Waals surface area contributed by atoms with Gasteiger partial charge in [-0.05, 0) is 56.2 Å². The third-order valence-corrected chi connectivity index (χ3v) is 5.72. The van der Waals surface area contributed by atoms with Crippen LogP contribution in [0.3, 0.4) is 0 Å². The second kappa shape index (κ2) is 11.9. The van der Waals surface area contributed by atoms with E-state index in [0.29, 0.717) is 6.42 Å². The lowest BCUT2D eigenvalue weighted by Gasteiger charge is -2.01. The molecule has 1 aromatic carbocycles. The van der Waals surface area contributed by atoms with Gasteiger partial charge in [-0.15, -0.1) is 11.3 Å². The van der Waals surface area contributed by atoms with Crippen molar-refractivity contribution in [3.8, 4) is 0 Å². The Morgan fingerprint density at radius 1 is 0.720 bits per heavy atom. The molecular weight excluding hydrogens is 328 g/mol. The first-order valence-electron chi connectivity index (χ1n) is 9.57. The Labute approximate surface area is 155 Å². The summed E-state index contributed by atoms with van der Waals surface area (Å²) in [7, 11) is 0. The van der Waals surface area contributed by atoms with Gasteiger partial charge in [0.25, 0.3) is 0 Å². The lowest BCUT2D eigenvalue weighted by molar-refractivity contribution is -0.137. The highest BCUT2D eigenvalue weighted by Gasteiger charge is 2.02. The van der Waals surface area contributed by atoms with Crippen LogP contribution in [-0.4, -0.2) is 11.1 Å². The Hall–Kier alpha value is -1.61. The standard InChI is InChI=1S/C22H30O2S/c23-22(24)16-9-4-2-1-3-8-14-20-17-18-21(25-20)15-10-13-19-11-6-5-7-12-19/h5-7,11-12,17-18H,1-4,8-10,13-16H2,(H,23,24). The maximum absolute atomic E-state index is 10.4. The molecule has 0 saturated heterocycles. The number of rotatable bonds is 13. The van der Waals surface area contributed by atoms with Gasteiger partial charge in [-0.2, -0.15) is 0 Å². The number of aryl methyl sites for hydroxylation is 3. The summed E-state index contributed by atoms with van der Waals surface area (Å²) in [5.74, 6) is -0.669. The molecule has 0 unspecified atom stereocenters. The summed E-state index contributed by atoms with van der Waals surface area (Å²) in [5, 5.41) is 8.60. The minimum atomic E-state index is -0.669. The van der Waals surface area contributed by atoms with Crippen LogP contribution in [0, 0.1) is 0 Å². The van der Waals surface area contributed by atoms with Crippen molar-refractivity contribution in [1.29, 1.82) is 0 Å². The molecule has 3 heteroatoms. The molecule has 0 spiro atoms. The third kappa shape index (κ3) is 8.87. The number of benzene rings is 1. The van der Waals surface area contributed by atoms with Crippen molar-refractivity contribution in [3.63, 3.8) is 0 Å². The number of hydrogen-bond donors (Lipinski definition) is 1. The first kappa shape index (κ1) is 19.7. The number of hydrogen-bond acceptors (Lipinski definition) is 2. The molecule has 0 bridgehead atoms. The van der Waals surface area contributed by atoms with E-state index in [1.54, 1.807) is 0 Å². The molecule has 136 valence electrons. The molecule has 1 N–H and O–H groups in total. The molecule has 1 aromatic heterocycles. The SMILES string of the molecule is O=C(O)CCCCCCCCc1ccc(CCCc2ccccc2)s1. The van der Waals surface area contributed by atoms with Gasteiger partial charge in [0.15, 0.2) is 0 Å². The van der Waals surface area contributed by atoms with Crippen LogP contribution in [0.2, 0.25) is 0 Å². The zero-order chi connectivity index (χ0) is 17.7. The summed E-state index contributed by atoms with van der Waals surface area (Å²) in [6, 6.07) is 15.3. The van der Waals surface area contributed by atoms with Crippen LogP contribution in [0.1, 0.15) is 66.7 Å². The van der Waals surface area contributed by atoms with E-state index in [2.05, 4.69) is 42.5 Å². The summed E-state index contributed by atoms with van der Waals surface area (Å²) < 4.78 is 0. The first-order chi connectivity index (χ1) is 12.2. The highest BCUT2D eigenvalue weighted by atomic mass is 32.1. The van der Waals surface area contributed by atoms with Crippen molar-refractivity contribution in [2.45, 2.75) is 70.6 Å². The van der Waals surface area contributed by atoms with Crippen molar-refractivity contribution in [1.82, 2.24) is 0 Å². The molecule has 25 heavy (non-hydrogen) atoms. The number of carbonyl (C=O) groups is 1. The lowest BCUT2D eigenvalue weighted by atomic mass is 10.1. The number of carboxylic acids is 1. The van der Waals surface area contributed by atoms with Crippen LogP contribution in [0.5, 0.6) is 0 Å². The van der Waals surface area contributed by atoms with Crippen LogP contribution in [0.15, 0.2) is 42.5 Å². The van der Waals surface area contributed by atoms with E-state index in [9.17, 15) is 4.79 Å². The maximum Gasteiger partial charge on any atom is 0.303 e. The topological polar surface area (TPSA) is 37.3 Å². The molecular formula is C22H30O2S. The largest absolute Gasteiger partial charge is 0.481 e. The zero-order valence-electron chi connectivity index (χ0n) is 15.1. The summed E-state index contributed by atoms with van der Waals surface area (Å²) in [6.07, 6.45) is 11.9. The fourth-order valence-corrected chi connectivity index (χ4v) is 4.19. The molecule has 0 aliphatic carbocycles. The van der Waals surface area contributed by atoms with Gasteiger partial charge in [0, 0.05) is 16.2 Å². The lowest BCUT2D eigenvalue weighted by Crippen LogP contribution is -1.93. The van der Waals surface area contributed by atoms with Crippen molar-refractivity contribution in [2.75, 3.05) is 0 Å². The van der Waals surface area contributed by atoms with E-state index in [1.807, 2.05) is 11.3 Å². The van der Waals surface area contributed by atoms with Crippen molar-refractivity contribution < 1.29 is 9.90 Å². The minimum absolute atomic E-state index is 0.322. The highest BCUT2D eigenvalue weighted by molar-refractivity contribution is 7.11. The van der Waals surface area contributed by atoms with Crippen LogP contribution in [0.25, 0.3) is 0 Å². The Bertz CT molecular complexity index is 603. The van der Waals surface area contributed by atoms with Crippen molar-refractivity contribution in [3.05, 3.63) is 57.8 Å². The van der Waals surface area contributed by atoms with Crippen LogP contribution < -0.4 is 0 Å². The highest BCUT2D eigenvalue weighted by Crippen LogP contribution is 2.21. The molecule has 2 nitrogen and oxygen atoms in total. The van der Waals surface area contributed by atoms with E-state index >= 15 is 0 Å². The Morgan fingerprint density at radius 3 is 2.00 bits per heavy atom. The van der Waals surface area contributed by atoms with Gasteiger partial charge in [0.2, 0.25) is 0 Å². The molecule has 0 aliphatic rings. The number of carboxylic acid groups (broad SMARTS) is 1. The van der Waals surface area contributed by atoms with Crippen LogP contribution in [-0.2, 0) is 24.1 Å². The van der Waals surface area contributed by atoms with Crippen LogP contribution >= 0.6 is 11.3 Å². The van der Waals surface area contributed by atoms with Gasteiger partial charge < -0.3 is 5.11 Å². The van der Waals surface area contributed by atoms with Gasteiger partial charge in [-0.3, -0.25) is 4.79 Å². The Balaban J connectivity index is 1.51. The number of aliphatic carboxylic acids is 1. The van der Waals surface area contributed by atoms with E-state index in [-0.39, 0.29) is 0 Å². The van der Waals surface area contributed by atoms with Crippen molar-refractivity contribution in [2.24, 2.45) is 0 Å². The van der Waals surface area contributed by atoms with Gasteiger partial charge in [0.05, 0.1) is 0 Å². The number of thiophene rings is 1. The predicted octanol–water partition coefficient (Wildman–Crippen LogP) is 6.28. The van der Waals surface area contributed by atoms with Crippen LogP contribution in [0.4, 0.5) is 0 Å². The van der Waals surface area contributed by atoms with Gasteiger partial charge in [-0.25, -0.2) is 0 Å². The van der Waals surface area contributed by atoms with Gasteiger partial charge in [-0.1, -0.05) is 56.0 Å². The average Bonchev–Trinajstić information content (AvgIpc) is 3.06. The Morgan fingerprint density at radius 2 is 1.32 bits per heavy atom. The quantitative estimate of drug-likeness (QED) is 0.428. The summed E-state index contributed by atoms with van der Waals surface area (Å²) in [4.78, 5) is 13.5. The van der Waals surface area contributed by atoms with Gasteiger partial charge >= 0.3 is 5.97 Å². The van der Waals surface area contributed by atoms with Crippen molar-refractivity contribution >= 4 is 17.3 Å². The molecule has 0 aliphatic heterocycles. The normalized spacial score (nSPS) is 10.9. The van der Waals surface area contributed by atoms with Gasteiger partial charge in [0.1, 0.15) is 0 Å². The molecule has 2 aromatic rings. The van der Waals surface area contributed by atoms with E-state index in [1.165, 1.54) is 60.3 Å². The smallest absolute Gasteiger partial charge is 0.303 e. The second-order valence-corrected chi connectivity index (χ2v) is 7.98. The molecule has 0 atom stereocenters. The zero-order valence-corrected chi connectivity index (χ0v) is 15.9. The van der Waals surface area contributed by atoms with E-state index in [0.717, 1.165) is 19.3 Å². The fourth-order valence-electron chi connectivity index (χ4n) is 3.09. The second-order valence-electron chi connectivity index (χ2n) is 6.72. The molecule has 0 fully saturated rings. The van der Waals surface area contributed by atoms with E-state index in [4.69, 9.17) is 5.11 Å². The fraction of sp³-hybridized carbons (Fsp3) is 0.500. The molecule has 0 radical (unpaired) electrons. The molecule has 2 rings (SSSR count). The monoisotopic (exact) mass is 358 g/mol.